The van der Waals surface area contributed by atoms with E-state index in [2.05, 4.69) is 10.6 Å². The number of nitrogens with zero attached hydrogens (tertiary/aromatic N) is 1. The molecule has 7 heteroatoms. The van der Waals surface area contributed by atoms with Crippen molar-refractivity contribution < 1.29 is 19.1 Å². The van der Waals surface area contributed by atoms with Gasteiger partial charge < -0.3 is 20.3 Å². The Labute approximate surface area is 234 Å². The molecule has 0 spiro atoms. The summed E-state index contributed by atoms with van der Waals surface area (Å²) >= 11 is 0. The lowest BCUT2D eigenvalue weighted by Crippen LogP contribution is -2.55. The van der Waals surface area contributed by atoms with Gasteiger partial charge in [0.05, 0.1) is 0 Å². The summed E-state index contributed by atoms with van der Waals surface area (Å²) in [6.45, 7) is 19.1. The summed E-state index contributed by atoms with van der Waals surface area (Å²) in [5, 5.41) is 5.89. The molecule has 0 radical (unpaired) electrons. The molecule has 0 aromatic heterocycles. The summed E-state index contributed by atoms with van der Waals surface area (Å²) in [6, 6.07) is 11.5. The number of hydrogen-bond donors (Lipinski definition) is 2. The van der Waals surface area contributed by atoms with Gasteiger partial charge in [-0.05, 0) is 90.0 Å². The van der Waals surface area contributed by atoms with Crippen LogP contribution in [-0.2, 0) is 14.3 Å². The molecular formula is C32H47N3O4. The number of benzene rings is 2. The molecule has 0 bridgehead atoms. The molecule has 2 rings (SSSR count). The minimum Gasteiger partial charge on any atom is -0.444 e. The summed E-state index contributed by atoms with van der Waals surface area (Å²) in [6.07, 6.45) is 0.383. The van der Waals surface area contributed by atoms with Crippen molar-refractivity contribution in [1.29, 1.82) is 0 Å². The molecule has 0 saturated heterocycles. The van der Waals surface area contributed by atoms with Crippen LogP contribution in [0.25, 0.3) is 0 Å². The summed E-state index contributed by atoms with van der Waals surface area (Å²) < 4.78 is 5.49. The van der Waals surface area contributed by atoms with Gasteiger partial charge in [-0.15, -0.1) is 0 Å². The monoisotopic (exact) mass is 537 g/mol. The predicted octanol–water partition coefficient (Wildman–Crippen LogP) is 6.86. The Kier molecular flexibility index (Phi) is 11.1. The van der Waals surface area contributed by atoms with Gasteiger partial charge in [-0.25, -0.2) is 4.79 Å². The van der Waals surface area contributed by atoms with E-state index in [-0.39, 0.29) is 23.8 Å². The van der Waals surface area contributed by atoms with E-state index in [1.54, 1.807) is 25.7 Å². The number of ether oxygens (including phenoxy) is 1. The van der Waals surface area contributed by atoms with Crippen LogP contribution in [0.3, 0.4) is 0 Å². The van der Waals surface area contributed by atoms with Crippen molar-refractivity contribution in [3.63, 3.8) is 0 Å². The highest BCUT2D eigenvalue weighted by Crippen LogP contribution is 2.31. The maximum atomic E-state index is 14.4. The fourth-order valence-corrected chi connectivity index (χ4v) is 4.50. The number of carbonyl (C=O) groups excluding carboxylic acids is 3. The standard InChI is InChI=1S/C32H47N3O4/c1-11-24(7)35(30(37)27(18-20(2)3)34-31(38)39-32(8,9)10)28(25-19-21(4)16-17-22(25)5)29(36)33-26-15-13-12-14-23(26)6/h12-17,19-20,24,27-28H,11,18H2,1-10H3,(H,33,36)(H,34,38). The molecule has 3 atom stereocenters. The van der Waals surface area contributed by atoms with Crippen molar-refractivity contribution in [3.8, 4) is 0 Å². The van der Waals surface area contributed by atoms with Gasteiger partial charge in [0, 0.05) is 11.7 Å². The second-order valence-corrected chi connectivity index (χ2v) is 11.9. The number of aryl methyl sites for hydroxylation is 3. The highest BCUT2D eigenvalue weighted by molar-refractivity contribution is 5.99. The zero-order valence-corrected chi connectivity index (χ0v) is 25.3. The van der Waals surface area contributed by atoms with Crippen molar-refractivity contribution in [2.75, 3.05) is 5.32 Å². The van der Waals surface area contributed by atoms with Crippen LogP contribution >= 0.6 is 0 Å². The number of amides is 3. The average molecular weight is 538 g/mol. The molecule has 2 aromatic rings. The molecule has 0 aliphatic rings. The molecule has 0 aliphatic carbocycles. The summed E-state index contributed by atoms with van der Waals surface area (Å²) in [5.41, 5.74) is 3.57. The molecule has 39 heavy (non-hydrogen) atoms. The fourth-order valence-electron chi connectivity index (χ4n) is 4.50. The van der Waals surface area contributed by atoms with Crippen molar-refractivity contribution in [2.45, 2.75) is 106 Å². The van der Waals surface area contributed by atoms with E-state index in [0.717, 1.165) is 22.3 Å². The summed E-state index contributed by atoms with van der Waals surface area (Å²) in [4.78, 5) is 43.0. The lowest BCUT2D eigenvalue weighted by molar-refractivity contribution is -0.143. The van der Waals surface area contributed by atoms with Crippen molar-refractivity contribution in [1.82, 2.24) is 10.2 Å². The average Bonchev–Trinajstić information content (AvgIpc) is 2.82. The molecule has 3 unspecified atom stereocenters. The van der Waals surface area contributed by atoms with E-state index in [9.17, 15) is 14.4 Å². The Morgan fingerprint density at radius 3 is 2.15 bits per heavy atom. The van der Waals surface area contributed by atoms with E-state index < -0.39 is 23.8 Å². The van der Waals surface area contributed by atoms with Gasteiger partial charge in [-0.3, -0.25) is 9.59 Å². The van der Waals surface area contributed by atoms with Gasteiger partial charge in [0.15, 0.2) is 0 Å². The largest absolute Gasteiger partial charge is 0.444 e. The van der Waals surface area contributed by atoms with Gasteiger partial charge in [0.25, 0.3) is 5.91 Å². The normalized spacial score (nSPS) is 13.8. The van der Waals surface area contributed by atoms with E-state index >= 15 is 0 Å². The van der Waals surface area contributed by atoms with Crippen LogP contribution in [0.2, 0.25) is 0 Å². The molecular weight excluding hydrogens is 490 g/mol. The highest BCUT2D eigenvalue weighted by Gasteiger charge is 2.39. The number of nitrogens with one attached hydrogen (secondary N) is 2. The number of anilines is 1. The first-order valence-electron chi connectivity index (χ1n) is 13.9. The van der Waals surface area contributed by atoms with Crippen LogP contribution in [0.15, 0.2) is 42.5 Å². The molecule has 214 valence electrons. The molecule has 2 N–H and O–H groups in total. The second-order valence-electron chi connectivity index (χ2n) is 11.9. The SMILES string of the molecule is CCC(C)N(C(=O)C(CC(C)C)NC(=O)OC(C)(C)C)C(C(=O)Nc1ccccc1C)c1cc(C)ccc1C. The minimum absolute atomic E-state index is 0.118. The molecule has 0 heterocycles. The molecule has 0 fully saturated rings. The van der Waals surface area contributed by atoms with E-state index in [1.165, 1.54) is 0 Å². The van der Waals surface area contributed by atoms with Crippen molar-refractivity contribution in [2.24, 2.45) is 5.92 Å². The Morgan fingerprint density at radius 1 is 0.949 bits per heavy atom. The lowest BCUT2D eigenvalue weighted by Gasteiger charge is -2.39. The summed E-state index contributed by atoms with van der Waals surface area (Å²) in [5.74, 6) is -0.491. The maximum Gasteiger partial charge on any atom is 0.408 e. The lowest BCUT2D eigenvalue weighted by atomic mass is 9.93. The third-order valence-corrected chi connectivity index (χ3v) is 6.68. The first-order chi connectivity index (χ1) is 18.1. The second kappa shape index (κ2) is 13.6. The topological polar surface area (TPSA) is 87.7 Å². The van der Waals surface area contributed by atoms with Crippen molar-refractivity contribution in [3.05, 3.63) is 64.7 Å². The van der Waals surface area contributed by atoms with E-state index in [0.29, 0.717) is 18.5 Å². The van der Waals surface area contributed by atoms with Crippen LogP contribution in [0, 0.1) is 26.7 Å². The van der Waals surface area contributed by atoms with Crippen LogP contribution in [0.1, 0.15) is 89.6 Å². The highest BCUT2D eigenvalue weighted by atomic mass is 16.6. The Balaban J connectivity index is 2.64. The fraction of sp³-hybridized carbons (Fsp3) is 0.531. The first-order valence-corrected chi connectivity index (χ1v) is 13.9. The van der Waals surface area contributed by atoms with Crippen LogP contribution in [0.4, 0.5) is 10.5 Å². The smallest absolute Gasteiger partial charge is 0.408 e. The zero-order chi connectivity index (χ0) is 29.5. The number of rotatable bonds is 10. The Morgan fingerprint density at radius 2 is 1.59 bits per heavy atom. The quantitative estimate of drug-likeness (QED) is 0.347. The van der Waals surface area contributed by atoms with Crippen LogP contribution in [-0.4, -0.2) is 40.5 Å². The zero-order valence-electron chi connectivity index (χ0n) is 25.3. The molecule has 3 amide bonds. The molecule has 7 nitrogen and oxygen atoms in total. The van der Waals surface area contributed by atoms with Crippen molar-refractivity contribution >= 4 is 23.6 Å². The van der Waals surface area contributed by atoms with E-state index in [1.807, 2.05) is 90.9 Å². The molecule has 0 aliphatic heterocycles. The van der Waals surface area contributed by atoms with Crippen LogP contribution < -0.4 is 10.6 Å². The third kappa shape index (κ3) is 9.12. The number of hydrogen-bond acceptors (Lipinski definition) is 4. The molecule has 0 saturated carbocycles. The Hall–Kier alpha value is -3.35. The molecule has 2 aromatic carbocycles. The van der Waals surface area contributed by atoms with Gasteiger partial charge >= 0.3 is 6.09 Å². The van der Waals surface area contributed by atoms with Gasteiger partial charge in [0.2, 0.25) is 5.91 Å². The maximum absolute atomic E-state index is 14.4. The predicted molar refractivity (Wildman–Crippen MR) is 158 cm³/mol. The first kappa shape index (κ1) is 31.9. The third-order valence-electron chi connectivity index (χ3n) is 6.68. The van der Waals surface area contributed by atoms with Crippen LogP contribution in [0.5, 0.6) is 0 Å². The minimum atomic E-state index is -0.901. The van der Waals surface area contributed by atoms with Gasteiger partial charge in [-0.1, -0.05) is 62.7 Å². The van der Waals surface area contributed by atoms with E-state index in [4.69, 9.17) is 4.74 Å². The van der Waals surface area contributed by atoms with Gasteiger partial charge in [-0.2, -0.15) is 0 Å². The summed E-state index contributed by atoms with van der Waals surface area (Å²) in [7, 11) is 0. The number of carbonyl (C=O) groups is 3. The van der Waals surface area contributed by atoms with Gasteiger partial charge in [0.1, 0.15) is 17.7 Å². The number of para-hydroxylation sites is 1. The Bertz CT molecular complexity index is 1150. The number of alkyl carbamates (subject to hydrolysis) is 1.